The Hall–Kier alpha value is -0.815. The highest BCUT2D eigenvalue weighted by molar-refractivity contribution is 8.00. The van der Waals surface area contributed by atoms with Gasteiger partial charge in [0.15, 0.2) is 6.29 Å². The zero-order valence-electron chi connectivity index (χ0n) is 8.51. The number of carbonyl (C=O) groups excluding carboxylic acids is 1. The Morgan fingerprint density at radius 1 is 1.38 bits per heavy atom. The van der Waals surface area contributed by atoms with Crippen LogP contribution in [0, 0.1) is 0 Å². The van der Waals surface area contributed by atoms with Gasteiger partial charge in [-0.05, 0) is 11.7 Å². The number of thiophene rings is 1. The largest absolute Gasteiger partial charge is 0.488 e. The minimum absolute atomic E-state index is 0.443. The van der Waals surface area contributed by atoms with Gasteiger partial charge in [-0.25, -0.2) is 0 Å². The van der Waals surface area contributed by atoms with E-state index < -0.39 is 7.12 Å². The first-order chi connectivity index (χ1) is 7.67. The second-order valence-electron chi connectivity index (χ2n) is 3.25. The van der Waals surface area contributed by atoms with Gasteiger partial charge in [0.2, 0.25) is 0 Å². The second-order valence-corrected chi connectivity index (χ2v) is 5.38. The Bertz CT molecular complexity index is 536. The van der Waals surface area contributed by atoms with E-state index in [1.807, 2.05) is 6.26 Å². The first kappa shape index (κ1) is 11.7. The molecule has 16 heavy (non-hydrogen) atoms. The van der Waals surface area contributed by atoms with E-state index in [1.165, 1.54) is 11.3 Å². The van der Waals surface area contributed by atoms with E-state index >= 15 is 0 Å². The van der Waals surface area contributed by atoms with Crippen molar-refractivity contribution >= 4 is 52.7 Å². The molecule has 0 aliphatic carbocycles. The molecular formula is C10H9BO3S2. The van der Waals surface area contributed by atoms with E-state index in [-0.39, 0.29) is 0 Å². The molecule has 6 heteroatoms. The van der Waals surface area contributed by atoms with E-state index in [0.29, 0.717) is 10.3 Å². The number of thioether (sulfide) groups is 1. The molecule has 0 saturated carbocycles. The highest BCUT2D eigenvalue weighted by Gasteiger charge is 2.15. The summed E-state index contributed by atoms with van der Waals surface area (Å²) >= 11 is 2.98. The van der Waals surface area contributed by atoms with E-state index in [2.05, 4.69) is 0 Å². The molecular weight excluding hydrogens is 243 g/mol. The maximum Gasteiger partial charge on any atom is 0.488 e. The van der Waals surface area contributed by atoms with Crippen molar-refractivity contribution in [1.82, 2.24) is 0 Å². The van der Waals surface area contributed by atoms with Crippen molar-refractivity contribution in [2.75, 3.05) is 6.26 Å². The average Bonchev–Trinajstić information content (AvgIpc) is 2.65. The number of fused-ring (bicyclic) bond motifs is 1. The molecule has 0 aliphatic heterocycles. The first-order valence-corrected chi connectivity index (χ1v) is 6.63. The van der Waals surface area contributed by atoms with Gasteiger partial charge in [0, 0.05) is 10.8 Å². The third-order valence-corrected chi connectivity index (χ3v) is 4.60. The van der Waals surface area contributed by atoms with Crippen molar-refractivity contribution in [3.05, 3.63) is 23.1 Å². The lowest BCUT2D eigenvalue weighted by Gasteiger charge is -2.00. The van der Waals surface area contributed by atoms with E-state index in [9.17, 15) is 4.79 Å². The van der Waals surface area contributed by atoms with Gasteiger partial charge in [-0.2, -0.15) is 0 Å². The Balaban J connectivity index is 2.71. The van der Waals surface area contributed by atoms with Gasteiger partial charge in [-0.1, -0.05) is 18.2 Å². The van der Waals surface area contributed by atoms with Gasteiger partial charge < -0.3 is 10.0 Å². The van der Waals surface area contributed by atoms with Crippen molar-refractivity contribution in [1.29, 1.82) is 0 Å². The number of benzene rings is 1. The Morgan fingerprint density at radius 2 is 2.12 bits per heavy atom. The Kier molecular flexibility index (Phi) is 3.34. The molecule has 0 spiro atoms. The summed E-state index contributed by atoms with van der Waals surface area (Å²) in [6.07, 6.45) is 2.77. The quantitative estimate of drug-likeness (QED) is 0.488. The fourth-order valence-electron chi connectivity index (χ4n) is 1.56. The van der Waals surface area contributed by atoms with Crippen molar-refractivity contribution in [3.63, 3.8) is 0 Å². The highest BCUT2D eigenvalue weighted by Crippen LogP contribution is 2.35. The molecule has 0 amide bonds. The summed E-state index contributed by atoms with van der Waals surface area (Å²) in [5, 5.41) is 20.0. The third kappa shape index (κ3) is 1.89. The molecule has 0 radical (unpaired) electrons. The monoisotopic (exact) mass is 252 g/mol. The molecule has 1 aromatic carbocycles. The molecule has 0 fully saturated rings. The predicted octanol–water partition coefficient (Wildman–Crippen LogP) is 1.12. The molecule has 0 saturated heterocycles. The van der Waals surface area contributed by atoms with Gasteiger partial charge in [-0.3, -0.25) is 4.79 Å². The topological polar surface area (TPSA) is 57.5 Å². The van der Waals surface area contributed by atoms with Crippen LogP contribution in [0.15, 0.2) is 22.4 Å². The third-order valence-electron chi connectivity index (χ3n) is 2.32. The SMILES string of the molecule is CSc1sc(C=O)c2ccc(B(O)O)cc12. The van der Waals surface area contributed by atoms with Crippen LogP contribution in [0.5, 0.6) is 0 Å². The van der Waals surface area contributed by atoms with E-state index in [0.717, 1.165) is 21.3 Å². The van der Waals surface area contributed by atoms with Crippen LogP contribution in [-0.4, -0.2) is 29.7 Å². The average molecular weight is 252 g/mol. The van der Waals surface area contributed by atoms with E-state index in [4.69, 9.17) is 10.0 Å². The summed E-state index contributed by atoms with van der Waals surface area (Å²) < 4.78 is 1.01. The van der Waals surface area contributed by atoms with Crippen molar-refractivity contribution in [2.24, 2.45) is 0 Å². The lowest BCUT2D eigenvalue weighted by atomic mass is 9.80. The van der Waals surface area contributed by atoms with Crippen LogP contribution >= 0.6 is 23.1 Å². The summed E-state index contributed by atoms with van der Waals surface area (Å²) in [7, 11) is -1.47. The standard InChI is InChI=1S/C10H9BO3S2/c1-15-10-8-4-6(11(13)14)2-3-7(8)9(5-12)16-10/h2-5,13-14H,1H3. The van der Waals surface area contributed by atoms with E-state index in [1.54, 1.807) is 30.0 Å². The predicted molar refractivity (Wildman–Crippen MR) is 68.8 cm³/mol. The van der Waals surface area contributed by atoms with Crippen LogP contribution in [0.25, 0.3) is 10.8 Å². The summed E-state index contributed by atoms with van der Waals surface area (Å²) in [4.78, 5) is 11.5. The molecule has 2 N–H and O–H groups in total. The number of hydrogen-bond donors (Lipinski definition) is 2. The molecule has 0 bridgehead atoms. The minimum Gasteiger partial charge on any atom is -0.423 e. The van der Waals surface area contributed by atoms with Crippen molar-refractivity contribution in [3.8, 4) is 0 Å². The van der Waals surface area contributed by atoms with Gasteiger partial charge >= 0.3 is 7.12 Å². The number of rotatable bonds is 3. The molecule has 3 nitrogen and oxygen atoms in total. The molecule has 1 heterocycles. The molecule has 82 valence electrons. The molecule has 2 rings (SSSR count). The molecule has 0 aliphatic rings. The van der Waals surface area contributed by atoms with Gasteiger partial charge in [0.1, 0.15) is 0 Å². The number of carbonyl (C=O) groups is 1. The summed E-state index contributed by atoms with van der Waals surface area (Å²) in [5.74, 6) is 0. The lowest BCUT2D eigenvalue weighted by Crippen LogP contribution is -2.29. The zero-order chi connectivity index (χ0) is 11.7. The van der Waals surface area contributed by atoms with Crippen LogP contribution in [0.2, 0.25) is 0 Å². The van der Waals surface area contributed by atoms with Gasteiger partial charge in [0.05, 0.1) is 9.09 Å². The normalized spacial score (nSPS) is 10.7. The Labute approximate surface area is 101 Å². The summed E-state index contributed by atoms with van der Waals surface area (Å²) in [6, 6.07) is 5.09. The lowest BCUT2D eigenvalue weighted by molar-refractivity contribution is 0.112. The zero-order valence-corrected chi connectivity index (χ0v) is 10.1. The van der Waals surface area contributed by atoms with Crippen LogP contribution in [0.3, 0.4) is 0 Å². The minimum atomic E-state index is -1.47. The van der Waals surface area contributed by atoms with Crippen LogP contribution < -0.4 is 5.46 Å². The number of hydrogen-bond acceptors (Lipinski definition) is 5. The van der Waals surface area contributed by atoms with Crippen molar-refractivity contribution < 1.29 is 14.8 Å². The maximum atomic E-state index is 10.9. The summed E-state index contributed by atoms with van der Waals surface area (Å²) in [6.45, 7) is 0. The summed E-state index contributed by atoms with van der Waals surface area (Å²) in [5.41, 5.74) is 0.443. The Morgan fingerprint density at radius 3 is 2.69 bits per heavy atom. The van der Waals surface area contributed by atoms with Crippen molar-refractivity contribution in [2.45, 2.75) is 4.21 Å². The van der Waals surface area contributed by atoms with Crippen LogP contribution in [0.1, 0.15) is 9.67 Å². The maximum absolute atomic E-state index is 10.9. The number of aldehydes is 1. The van der Waals surface area contributed by atoms with Crippen LogP contribution in [-0.2, 0) is 0 Å². The second kappa shape index (κ2) is 4.59. The van der Waals surface area contributed by atoms with Gasteiger partial charge in [0.25, 0.3) is 0 Å². The van der Waals surface area contributed by atoms with Crippen LogP contribution in [0.4, 0.5) is 0 Å². The van der Waals surface area contributed by atoms with Gasteiger partial charge in [-0.15, -0.1) is 23.1 Å². The first-order valence-electron chi connectivity index (χ1n) is 4.59. The fraction of sp³-hybridized carbons (Fsp3) is 0.100. The molecule has 0 unspecified atom stereocenters. The fourth-order valence-corrected chi connectivity index (χ4v) is 3.36. The smallest absolute Gasteiger partial charge is 0.423 e. The molecule has 0 atom stereocenters. The molecule has 2 aromatic rings. The molecule has 1 aromatic heterocycles. The highest BCUT2D eigenvalue weighted by atomic mass is 32.2.